The molecule has 2 atom stereocenters. The van der Waals surface area contributed by atoms with Crippen molar-refractivity contribution < 1.29 is 41.8 Å². The van der Waals surface area contributed by atoms with Crippen LogP contribution in [0.4, 0.5) is 9.18 Å². The molecular formula is C22H22FNO8S. The normalized spacial score (nSPS) is 24.0. The Balaban J connectivity index is 1.48. The van der Waals surface area contributed by atoms with Crippen LogP contribution in [0.25, 0.3) is 0 Å². The second kappa shape index (κ2) is 8.64. The van der Waals surface area contributed by atoms with Crippen LogP contribution in [0.15, 0.2) is 47.4 Å². The fourth-order valence-electron chi connectivity index (χ4n) is 4.26. The number of amides is 1. The second-order valence-electron chi connectivity index (χ2n) is 8.28. The van der Waals surface area contributed by atoms with Crippen LogP contribution in [-0.4, -0.2) is 43.6 Å². The number of hydrogen-bond donors (Lipinski definition) is 2. The van der Waals surface area contributed by atoms with E-state index in [1.807, 2.05) is 6.92 Å². The van der Waals surface area contributed by atoms with Crippen molar-refractivity contribution in [1.82, 2.24) is 5.48 Å². The van der Waals surface area contributed by atoms with Gasteiger partial charge < -0.3 is 14.2 Å². The summed E-state index contributed by atoms with van der Waals surface area (Å²) in [7, 11) is -3.97. The van der Waals surface area contributed by atoms with E-state index in [-0.39, 0.29) is 30.2 Å². The molecule has 2 aromatic rings. The quantitative estimate of drug-likeness (QED) is 0.352. The molecule has 176 valence electrons. The van der Waals surface area contributed by atoms with Crippen molar-refractivity contribution in [2.24, 2.45) is 5.41 Å². The average molecular weight is 479 g/mol. The van der Waals surface area contributed by atoms with E-state index < -0.39 is 45.3 Å². The molecule has 1 amide bonds. The molecule has 0 radical (unpaired) electrons. The van der Waals surface area contributed by atoms with Crippen molar-refractivity contribution in [1.29, 1.82) is 0 Å². The van der Waals surface area contributed by atoms with Gasteiger partial charge in [-0.3, -0.25) is 10.0 Å². The van der Waals surface area contributed by atoms with Crippen LogP contribution in [0.1, 0.15) is 24.0 Å². The molecule has 2 N–H and O–H groups in total. The molecule has 2 fully saturated rings. The van der Waals surface area contributed by atoms with Gasteiger partial charge in [0.05, 0.1) is 16.1 Å². The lowest BCUT2D eigenvalue weighted by atomic mass is 9.87. The van der Waals surface area contributed by atoms with Crippen LogP contribution in [-0.2, 0) is 30.7 Å². The van der Waals surface area contributed by atoms with Crippen LogP contribution < -0.4 is 10.2 Å². The molecule has 11 heteroatoms. The molecule has 0 bridgehead atoms. The van der Waals surface area contributed by atoms with E-state index in [9.17, 15) is 27.6 Å². The number of nitrogens with one attached hydrogen (secondary N) is 1. The largest absolute Gasteiger partial charge is 0.509 e. The summed E-state index contributed by atoms with van der Waals surface area (Å²) < 4.78 is 55.2. The maximum Gasteiger partial charge on any atom is 0.509 e. The number of halogens is 1. The van der Waals surface area contributed by atoms with E-state index in [0.29, 0.717) is 11.3 Å². The summed E-state index contributed by atoms with van der Waals surface area (Å²) in [6.07, 6.45) is -2.57. The molecule has 2 unspecified atom stereocenters. The smallest absolute Gasteiger partial charge is 0.489 e. The summed E-state index contributed by atoms with van der Waals surface area (Å²) in [4.78, 5) is 23.7. The number of benzene rings is 2. The van der Waals surface area contributed by atoms with Crippen LogP contribution in [0, 0.1) is 18.2 Å². The van der Waals surface area contributed by atoms with Gasteiger partial charge in [0.1, 0.15) is 30.4 Å². The Labute approximate surface area is 189 Å². The number of ether oxygens (including phenoxy) is 3. The van der Waals surface area contributed by atoms with Crippen molar-refractivity contribution in [3.05, 3.63) is 59.4 Å². The molecule has 33 heavy (non-hydrogen) atoms. The fourth-order valence-corrected chi connectivity index (χ4v) is 6.07. The highest BCUT2D eigenvalue weighted by Crippen LogP contribution is 2.46. The van der Waals surface area contributed by atoms with Gasteiger partial charge in [-0.2, -0.15) is 0 Å². The number of rotatable bonds is 7. The van der Waals surface area contributed by atoms with E-state index in [1.54, 1.807) is 6.07 Å². The lowest BCUT2D eigenvalue weighted by Gasteiger charge is -2.26. The van der Waals surface area contributed by atoms with E-state index in [0.717, 1.165) is 5.56 Å². The number of aryl methyl sites for hydroxylation is 1. The summed E-state index contributed by atoms with van der Waals surface area (Å²) in [6.45, 7) is 1.94. The number of hydrogen-bond acceptors (Lipinski definition) is 8. The molecule has 1 heterocycles. The molecule has 2 aromatic carbocycles. The number of carbonyl (C=O) groups is 2. The minimum absolute atomic E-state index is 0.0446. The molecule has 1 aliphatic carbocycles. The second-order valence-corrected chi connectivity index (χ2v) is 10.3. The summed E-state index contributed by atoms with van der Waals surface area (Å²) in [5, 5.41) is 9.19. The third kappa shape index (κ3) is 4.64. The van der Waals surface area contributed by atoms with Gasteiger partial charge in [-0.15, -0.1) is 0 Å². The van der Waals surface area contributed by atoms with Crippen molar-refractivity contribution >= 4 is 21.9 Å². The first-order valence-corrected chi connectivity index (χ1v) is 11.8. The minimum Gasteiger partial charge on any atom is -0.489 e. The Bertz CT molecular complexity index is 1170. The van der Waals surface area contributed by atoms with Gasteiger partial charge in [-0.05, 0) is 54.4 Å². The average Bonchev–Trinajstić information content (AvgIpc) is 3.28. The zero-order valence-electron chi connectivity index (χ0n) is 17.6. The maximum absolute atomic E-state index is 13.4. The maximum atomic E-state index is 13.4. The first-order chi connectivity index (χ1) is 15.6. The molecule has 1 saturated carbocycles. The number of hydroxylamine groups is 1. The third-order valence-corrected chi connectivity index (χ3v) is 7.95. The highest BCUT2D eigenvalue weighted by molar-refractivity contribution is 7.91. The number of fused-ring (bicyclic) bond motifs is 1. The van der Waals surface area contributed by atoms with E-state index in [4.69, 9.17) is 14.2 Å². The van der Waals surface area contributed by atoms with Gasteiger partial charge in [-0.25, -0.2) is 23.1 Å². The third-order valence-electron chi connectivity index (χ3n) is 6.03. The van der Waals surface area contributed by atoms with Gasteiger partial charge in [0.25, 0.3) is 5.91 Å². The summed E-state index contributed by atoms with van der Waals surface area (Å²) in [6, 6.07) is 10.0. The lowest BCUT2D eigenvalue weighted by Crippen LogP contribution is -2.43. The SMILES string of the molecule is Cc1ccc(F)cc1COc1ccc(S(=O)(=O)CC2(C(=O)NO)CC3OC(=O)OC3C2)cc1. The molecular weight excluding hydrogens is 457 g/mol. The Morgan fingerprint density at radius 3 is 2.42 bits per heavy atom. The van der Waals surface area contributed by atoms with E-state index in [1.165, 1.54) is 41.9 Å². The topological polar surface area (TPSA) is 128 Å². The van der Waals surface area contributed by atoms with Crippen LogP contribution >= 0.6 is 0 Å². The molecule has 1 aliphatic heterocycles. The van der Waals surface area contributed by atoms with Gasteiger partial charge in [0.2, 0.25) is 0 Å². The Kier molecular flexibility index (Phi) is 6.02. The van der Waals surface area contributed by atoms with Crippen LogP contribution in [0.5, 0.6) is 5.75 Å². The first-order valence-electron chi connectivity index (χ1n) is 10.1. The Morgan fingerprint density at radius 1 is 1.18 bits per heavy atom. The van der Waals surface area contributed by atoms with Crippen molar-refractivity contribution in [3.8, 4) is 5.75 Å². The van der Waals surface area contributed by atoms with Gasteiger partial charge in [0, 0.05) is 12.8 Å². The predicted molar refractivity (Wildman–Crippen MR) is 111 cm³/mol. The van der Waals surface area contributed by atoms with Crippen LogP contribution in [0.2, 0.25) is 0 Å². The lowest BCUT2D eigenvalue weighted by molar-refractivity contribution is -0.139. The monoisotopic (exact) mass is 479 g/mol. The first kappa shape index (κ1) is 23.0. The van der Waals surface area contributed by atoms with Gasteiger partial charge in [-0.1, -0.05) is 6.07 Å². The van der Waals surface area contributed by atoms with Crippen LogP contribution in [0.3, 0.4) is 0 Å². The van der Waals surface area contributed by atoms with Gasteiger partial charge >= 0.3 is 6.16 Å². The minimum atomic E-state index is -3.97. The Hall–Kier alpha value is -3.18. The van der Waals surface area contributed by atoms with Crippen molar-refractivity contribution in [2.45, 2.75) is 43.5 Å². The highest BCUT2D eigenvalue weighted by atomic mass is 32.2. The standard InChI is InChI=1S/C22H22FNO8S/c1-13-2-3-15(23)8-14(13)11-30-16-4-6-17(7-5-16)33(28,29)12-22(20(25)24-27)9-18-19(10-22)32-21(26)31-18/h2-8,18-19,27H,9-12H2,1H3,(H,24,25). The molecule has 9 nitrogen and oxygen atoms in total. The molecule has 4 rings (SSSR count). The predicted octanol–water partition coefficient (Wildman–Crippen LogP) is 2.68. The molecule has 0 aromatic heterocycles. The fraction of sp³-hybridized carbons (Fsp3) is 0.364. The summed E-state index contributed by atoms with van der Waals surface area (Å²) in [5.74, 6) is -1.48. The van der Waals surface area contributed by atoms with E-state index in [2.05, 4.69) is 0 Å². The summed E-state index contributed by atoms with van der Waals surface area (Å²) >= 11 is 0. The molecule has 2 aliphatic rings. The summed E-state index contributed by atoms with van der Waals surface area (Å²) in [5.41, 5.74) is 1.53. The highest BCUT2D eigenvalue weighted by Gasteiger charge is 2.58. The Morgan fingerprint density at radius 2 is 1.82 bits per heavy atom. The van der Waals surface area contributed by atoms with Gasteiger partial charge in [0.15, 0.2) is 9.84 Å². The van der Waals surface area contributed by atoms with Crippen molar-refractivity contribution in [2.75, 3.05) is 5.75 Å². The number of sulfone groups is 1. The molecule has 0 spiro atoms. The van der Waals surface area contributed by atoms with Crippen molar-refractivity contribution in [3.63, 3.8) is 0 Å². The zero-order valence-corrected chi connectivity index (χ0v) is 18.4. The number of carbonyl (C=O) groups excluding carboxylic acids is 2. The molecule has 1 saturated heterocycles. The van der Waals surface area contributed by atoms with E-state index >= 15 is 0 Å². The zero-order chi connectivity index (χ0) is 23.8.